The van der Waals surface area contributed by atoms with E-state index in [1.165, 1.54) is 0 Å². The molecule has 0 amide bonds. The van der Waals surface area contributed by atoms with Gasteiger partial charge in [0.25, 0.3) is 0 Å². The molecule has 23 heavy (non-hydrogen) atoms. The lowest BCUT2D eigenvalue weighted by molar-refractivity contribution is -0.179. The molecule has 0 bridgehead atoms. The maximum atomic E-state index is 11.4. The molecule has 0 fully saturated rings. The second-order valence-corrected chi connectivity index (χ2v) is 5.92. The third-order valence-electron chi connectivity index (χ3n) is 4.06. The highest BCUT2D eigenvalue weighted by Gasteiger charge is 2.44. The molecule has 0 aliphatic heterocycles. The maximum absolute atomic E-state index is 11.4. The Bertz CT molecular complexity index is 462. The number of rotatable bonds is 11. The summed E-state index contributed by atoms with van der Waals surface area (Å²) in [6, 6.07) is 9.60. The smallest absolute Gasteiger partial charge is 0.338 e. The topological polar surface area (TPSA) is 87.0 Å². The van der Waals surface area contributed by atoms with Gasteiger partial charge in [0.2, 0.25) is 0 Å². The summed E-state index contributed by atoms with van der Waals surface area (Å²) in [6.45, 7) is 4.04. The zero-order valence-electron chi connectivity index (χ0n) is 13.9. The van der Waals surface area contributed by atoms with Crippen molar-refractivity contribution >= 4 is 5.97 Å². The predicted octanol–water partition coefficient (Wildman–Crippen LogP) is 2.74. The summed E-state index contributed by atoms with van der Waals surface area (Å²) in [6.07, 6.45) is 0.785. The molecule has 3 N–H and O–H groups in total. The Hall–Kier alpha value is -1.43. The van der Waals surface area contributed by atoms with Crippen LogP contribution in [-0.2, 0) is 16.1 Å². The Morgan fingerprint density at radius 3 is 2.43 bits per heavy atom. The molecular weight excluding hydrogens is 296 g/mol. The Morgan fingerprint density at radius 1 is 1.26 bits per heavy atom. The van der Waals surface area contributed by atoms with Crippen molar-refractivity contribution in [1.82, 2.24) is 0 Å². The normalized spacial score (nSPS) is 16.5. The Balaban J connectivity index is 2.77. The molecule has 0 saturated carbocycles. The van der Waals surface area contributed by atoms with E-state index in [2.05, 4.69) is 0 Å². The molecule has 0 aliphatic carbocycles. The van der Waals surface area contributed by atoms with Crippen LogP contribution in [0, 0.1) is 0 Å². The van der Waals surface area contributed by atoms with E-state index >= 15 is 0 Å². The van der Waals surface area contributed by atoms with Gasteiger partial charge in [-0.2, -0.15) is 0 Å². The van der Waals surface area contributed by atoms with Crippen LogP contribution in [0.15, 0.2) is 30.3 Å². The van der Waals surface area contributed by atoms with Gasteiger partial charge in [0, 0.05) is 6.42 Å². The molecule has 3 unspecified atom stereocenters. The molecule has 0 aromatic heterocycles. The number of aliphatic hydroxyl groups is 2. The molecule has 5 heteroatoms. The summed E-state index contributed by atoms with van der Waals surface area (Å²) in [5, 5.41) is 29.6. The highest BCUT2D eigenvalue weighted by atomic mass is 16.5. The molecule has 0 heterocycles. The van der Waals surface area contributed by atoms with Crippen molar-refractivity contribution in [2.45, 2.75) is 70.4 Å². The number of carboxylic acid groups (broad SMARTS) is 1. The van der Waals surface area contributed by atoms with Crippen LogP contribution in [0.1, 0.15) is 51.5 Å². The average Bonchev–Trinajstić information content (AvgIpc) is 2.57. The maximum Gasteiger partial charge on any atom is 0.338 e. The minimum atomic E-state index is -2.18. The van der Waals surface area contributed by atoms with Crippen molar-refractivity contribution < 1.29 is 24.9 Å². The molecular formula is C18H28O5. The van der Waals surface area contributed by atoms with E-state index < -0.39 is 23.8 Å². The van der Waals surface area contributed by atoms with E-state index in [4.69, 9.17) is 4.74 Å². The van der Waals surface area contributed by atoms with Gasteiger partial charge in [-0.15, -0.1) is 0 Å². The lowest BCUT2D eigenvalue weighted by Gasteiger charge is -2.32. The lowest BCUT2D eigenvalue weighted by atomic mass is 9.87. The van der Waals surface area contributed by atoms with Crippen molar-refractivity contribution in [3.05, 3.63) is 35.9 Å². The lowest BCUT2D eigenvalue weighted by Crippen LogP contribution is -2.51. The van der Waals surface area contributed by atoms with Crippen molar-refractivity contribution in [3.63, 3.8) is 0 Å². The number of carboxylic acids is 1. The molecule has 0 aliphatic rings. The highest BCUT2D eigenvalue weighted by molar-refractivity contribution is 5.78. The van der Waals surface area contributed by atoms with Crippen molar-refractivity contribution in [3.8, 4) is 0 Å². The Kier molecular flexibility index (Phi) is 8.23. The first-order valence-electron chi connectivity index (χ1n) is 8.23. The number of carbonyl (C=O) groups is 1. The minimum Gasteiger partial charge on any atom is -0.479 e. The van der Waals surface area contributed by atoms with Gasteiger partial charge in [-0.25, -0.2) is 4.79 Å². The molecule has 0 saturated heterocycles. The summed E-state index contributed by atoms with van der Waals surface area (Å²) < 4.78 is 5.84. The number of aliphatic carboxylic acids is 1. The first-order chi connectivity index (χ1) is 10.9. The first-order valence-corrected chi connectivity index (χ1v) is 8.23. The van der Waals surface area contributed by atoms with E-state index in [0.29, 0.717) is 13.0 Å². The molecule has 0 spiro atoms. The molecule has 1 rings (SSSR count). The molecule has 130 valence electrons. The van der Waals surface area contributed by atoms with Crippen molar-refractivity contribution in [1.29, 1.82) is 0 Å². The zero-order chi connectivity index (χ0) is 17.3. The quantitative estimate of drug-likeness (QED) is 0.582. The van der Waals surface area contributed by atoms with Gasteiger partial charge in [0.15, 0.2) is 5.60 Å². The summed E-state index contributed by atoms with van der Waals surface area (Å²) in [5.41, 5.74) is -1.19. The van der Waals surface area contributed by atoms with Crippen LogP contribution in [0.2, 0.25) is 0 Å². The van der Waals surface area contributed by atoms with Gasteiger partial charge in [0.1, 0.15) is 0 Å². The summed E-state index contributed by atoms with van der Waals surface area (Å²) >= 11 is 0. The van der Waals surface area contributed by atoms with Crippen LogP contribution in [0.4, 0.5) is 0 Å². The third-order valence-corrected chi connectivity index (χ3v) is 4.06. The van der Waals surface area contributed by atoms with Crippen LogP contribution in [0.3, 0.4) is 0 Å². The molecule has 1 aromatic rings. The second kappa shape index (κ2) is 9.65. The molecule has 5 nitrogen and oxygen atoms in total. The fourth-order valence-electron chi connectivity index (χ4n) is 2.52. The number of ether oxygens (including phenoxy) is 1. The largest absolute Gasteiger partial charge is 0.479 e. The number of benzene rings is 1. The Morgan fingerprint density at radius 2 is 1.91 bits per heavy atom. The summed E-state index contributed by atoms with van der Waals surface area (Å²) in [5.74, 6) is -1.41. The molecule has 3 atom stereocenters. The average molecular weight is 324 g/mol. The van der Waals surface area contributed by atoms with Gasteiger partial charge in [-0.3, -0.25) is 0 Å². The summed E-state index contributed by atoms with van der Waals surface area (Å²) in [7, 11) is 0. The number of hydrogen-bond acceptors (Lipinski definition) is 4. The minimum absolute atomic E-state index is 0.121. The monoisotopic (exact) mass is 324 g/mol. The third kappa shape index (κ3) is 5.94. The van der Waals surface area contributed by atoms with Crippen molar-refractivity contribution in [2.24, 2.45) is 0 Å². The standard InChI is InChI=1S/C18H28O5/c1-3-5-11-15(23-13-14-9-7-6-8-10-14)12-18(22,17(20)21)16(19)4-2/h6-10,15-16,19,22H,3-5,11-13H2,1-2H3,(H,20,21). The number of unbranched alkanes of at least 4 members (excludes halogenated alkanes) is 1. The van der Waals surface area contributed by atoms with E-state index in [9.17, 15) is 20.1 Å². The molecule has 1 aromatic carbocycles. The van der Waals surface area contributed by atoms with Gasteiger partial charge in [-0.1, -0.05) is 57.0 Å². The second-order valence-electron chi connectivity index (χ2n) is 5.92. The Labute approximate surface area is 137 Å². The first kappa shape index (κ1) is 19.6. The van der Waals surface area contributed by atoms with Gasteiger partial charge in [0.05, 0.1) is 18.8 Å². The van der Waals surface area contributed by atoms with Crippen LogP contribution in [-0.4, -0.2) is 39.1 Å². The predicted molar refractivity (Wildman–Crippen MR) is 88.0 cm³/mol. The SMILES string of the molecule is CCCCC(CC(O)(C(=O)O)C(O)CC)OCc1ccccc1. The van der Waals surface area contributed by atoms with Crippen LogP contribution in [0.25, 0.3) is 0 Å². The highest BCUT2D eigenvalue weighted by Crippen LogP contribution is 2.25. The van der Waals surface area contributed by atoms with Crippen LogP contribution in [0.5, 0.6) is 0 Å². The van der Waals surface area contributed by atoms with E-state index in [-0.39, 0.29) is 12.8 Å². The van der Waals surface area contributed by atoms with E-state index in [1.807, 2.05) is 37.3 Å². The van der Waals surface area contributed by atoms with Gasteiger partial charge >= 0.3 is 5.97 Å². The molecule has 0 radical (unpaired) electrons. The fraction of sp³-hybridized carbons (Fsp3) is 0.611. The van der Waals surface area contributed by atoms with Gasteiger partial charge in [-0.05, 0) is 18.4 Å². The van der Waals surface area contributed by atoms with Gasteiger partial charge < -0.3 is 20.1 Å². The van der Waals surface area contributed by atoms with Crippen LogP contribution < -0.4 is 0 Å². The van der Waals surface area contributed by atoms with E-state index in [1.54, 1.807) is 6.92 Å². The summed E-state index contributed by atoms with van der Waals surface area (Å²) in [4.78, 5) is 11.4. The number of hydrogen-bond donors (Lipinski definition) is 3. The number of aliphatic hydroxyl groups excluding tert-OH is 1. The van der Waals surface area contributed by atoms with E-state index in [0.717, 1.165) is 18.4 Å². The van der Waals surface area contributed by atoms with Crippen LogP contribution >= 0.6 is 0 Å². The van der Waals surface area contributed by atoms with Crippen molar-refractivity contribution in [2.75, 3.05) is 0 Å². The zero-order valence-corrected chi connectivity index (χ0v) is 13.9. The fourth-order valence-corrected chi connectivity index (χ4v) is 2.52.